The first-order valence-corrected chi connectivity index (χ1v) is 5.05. The Bertz CT molecular complexity index is 594. The van der Waals surface area contributed by atoms with Gasteiger partial charge in [-0.15, -0.1) is 0 Å². The first-order valence-electron chi connectivity index (χ1n) is 5.05. The lowest BCUT2D eigenvalue weighted by Crippen LogP contribution is -2.42. The maximum Gasteiger partial charge on any atom is 0.308 e. The quantitative estimate of drug-likeness (QED) is 0.669. The number of carbonyl (C=O) groups is 1. The highest BCUT2D eigenvalue weighted by molar-refractivity contribution is 5.95. The minimum absolute atomic E-state index is 0.377. The summed E-state index contributed by atoms with van der Waals surface area (Å²) in [5.74, 6) is -3.67. The van der Waals surface area contributed by atoms with E-state index in [-0.39, 0.29) is 0 Å². The van der Waals surface area contributed by atoms with Crippen molar-refractivity contribution in [2.75, 3.05) is 0 Å². The number of rotatable bonds is 3. The van der Waals surface area contributed by atoms with E-state index in [0.29, 0.717) is 12.1 Å². The average molecular weight is 269 g/mol. The molecule has 0 aliphatic rings. The van der Waals surface area contributed by atoms with Gasteiger partial charge >= 0.3 is 5.69 Å². The molecule has 0 aromatic heterocycles. The molecular weight excluding hydrogens is 260 g/mol. The molecule has 0 saturated carbocycles. The second kappa shape index (κ2) is 4.97. The predicted molar refractivity (Wildman–Crippen MR) is 60.2 cm³/mol. The number of nitrogens with one attached hydrogen (secondary N) is 1. The van der Waals surface area contributed by atoms with Gasteiger partial charge in [-0.2, -0.15) is 9.65 Å². The number of benzene rings is 1. The molecule has 1 aromatic rings. The molecule has 6 nitrogen and oxygen atoms in total. The molecule has 1 N–H and O–H groups in total. The van der Waals surface area contributed by atoms with Crippen molar-refractivity contribution in [3.8, 4) is 6.07 Å². The fraction of sp³-hybridized carbons (Fsp3) is 0.273. The molecule has 0 aliphatic heterocycles. The van der Waals surface area contributed by atoms with Crippen LogP contribution in [0.3, 0.4) is 0 Å². The number of nitrogens with zero attached hydrogens (tertiary/aromatic N) is 2. The smallest absolute Gasteiger partial charge is 0.308 e. The van der Waals surface area contributed by atoms with Gasteiger partial charge in [0.05, 0.1) is 22.6 Å². The molecule has 0 heterocycles. The fourth-order valence-corrected chi connectivity index (χ4v) is 1.25. The first-order chi connectivity index (χ1) is 8.68. The Hall–Kier alpha value is -2.56. The van der Waals surface area contributed by atoms with E-state index < -0.39 is 39.3 Å². The highest BCUT2D eigenvalue weighted by atomic mass is 19.1. The number of nitriles is 1. The molecular formula is C11H9F2N3O3. The van der Waals surface area contributed by atoms with Crippen LogP contribution in [0.1, 0.15) is 24.2 Å². The molecule has 8 heteroatoms. The summed E-state index contributed by atoms with van der Waals surface area (Å²) in [6.45, 7) is 2.69. The first kappa shape index (κ1) is 14.5. The zero-order valence-corrected chi connectivity index (χ0v) is 10.0. The monoisotopic (exact) mass is 269 g/mol. The van der Waals surface area contributed by atoms with Crippen molar-refractivity contribution in [3.63, 3.8) is 0 Å². The predicted octanol–water partition coefficient (Wildman–Crippen LogP) is 1.90. The standard InChI is InChI=1S/C11H9F2N3O3/c1-11(2,5-14)15-10(17)7-3-6(12)4-8(9(7)13)16(18)19/h3-4H,1-2H3,(H,15,17). The van der Waals surface area contributed by atoms with E-state index in [1.165, 1.54) is 13.8 Å². The van der Waals surface area contributed by atoms with Gasteiger partial charge in [-0.25, -0.2) is 4.39 Å². The van der Waals surface area contributed by atoms with E-state index in [4.69, 9.17) is 5.26 Å². The van der Waals surface area contributed by atoms with Gasteiger partial charge in [-0.05, 0) is 19.9 Å². The Morgan fingerprint density at radius 1 is 1.47 bits per heavy atom. The van der Waals surface area contributed by atoms with Crippen molar-refractivity contribution in [1.82, 2.24) is 5.32 Å². The SMILES string of the molecule is CC(C)(C#N)NC(=O)c1cc(F)cc([N+](=O)[O-])c1F. The van der Waals surface area contributed by atoms with Crippen molar-refractivity contribution < 1.29 is 18.5 Å². The van der Waals surface area contributed by atoms with E-state index >= 15 is 0 Å². The molecule has 1 aromatic carbocycles. The minimum Gasteiger partial charge on any atom is -0.334 e. The normalized spacial score (nSPS) is 10.7. The largest absolute Gasteiger partial charge is 0.334 e. The Morgan fingerprint density at radius 3 is 2.53 bits per heavy atom. The maximum atomic E-state index is 13.7. The molecule has 0 unspecified atom stereocenters. The molecule has 0 bridgehead atoms. The number of hydrogen-bond donors (Lipinski definition) is 1. The Labute approximate surface area is 106 Å². The molecule has 1 amide bonds. The Morgan fingerprint density at radius 2 is 2.05 bits per heavy atom. The van der Waals surface area contributed by atoms with Crippen LogP contribution in [-0.4, -0.2) is 16.4 Å². The molecule has 100 valence electrons. The van der Waals surface area contributed by atoms with Crippen LogP contribution >= 0.6 is 0 Å². The van der Waals surface area contributed by atoms with Crippen molar-refractivity contribution in [2.24, 2.45) is 0 Å². The van der Waals surface area contributed by atoms with Gasteiger partial charge in [0, 0.05) is 0 Å². The summed E-state index contributed by atoms with van der Waals surface area (Å²) in [4.78, 5) is 21.0. The second-order valence-corrected chi connectivity index (χ2v) is 4.23. The molecule has 0 fully saturated rings. The molecule has 0 aliphatic carbocycles. The highest BCUT2D eigenvalue weighted by Crippen LogP contribution is 2.22. The third kappa shape index (κ3) is 3.22. The van der Waals surface area contributed by atoms with Gasteiger partial charge in [-0.3, -0.25) is 14.9 Å². The van der Waals surface area contributed by atoms with Crippen LogP contribution in [0.15, 0.2) is 12.1 Å². The topological polar surface area (TPSA) is 96.0 Å². The second-order valence-electron chi connectivity index (χ2n) is 4.23. The van der Waals surface area contributed by atoms with E-state index in [1.807, 2.05) is 0 Å². The lowest BCUT2D eigenvalue weighted by molar-refractivity contribution is -0.387. The van der Waals surface area contributed by atoms with Crippen molar-refractivity contribution >= 4 is 11.6 Å². The zero-order chi connectivity index (χ0) is 14.8. The summed E-state index contributed by atoms with van der Waals surface area (Å²) in [7, 11) is 0. The van der Waals surface area contributed by atoms with Gasteiger partial charge in [0.2, 0.25) is 5.82 Å². The van der Waals surface area contributed by atoms with Crippen LogP contribution < -0.4 is 5.32 Å². The van der Waals surface area contributed by atoms with Gasteiger partial charge in [0.25, 0.3) is 5.91 Å². The summed E-state index contributed by atoms with van der Waals surface area (Å²) in [6, 6.07) is 2.64. The number of amides is 1. The number of nitro benzene ring substituents is 1. The average Bonchev–Trinajstić information content (AvgIpc) is 2.30. The number of nitro groups is 1. The number of halogens is 2. The summed E-state index contributed by atoms with van der Waals surface area (Å²) in [5.41, 5.74) is -3.28. The van der Waals surface area contributed by atoms with Crippen LogP contribution in [0.25, 0.3) is 0 Å². The van der Waals surface area contributed by atoms with Crippen LogP contribution in [-0.2, 0) is 0 Å². The van der Waals surface area contributed by atoms with Gasteiger partial charge in [0.1, 0.15) is 11.4 Å². The van der Waals surface area contributed by atoms with Crippen LogP contribution in [0.2, 0.25) is 0 Å². The molecule has 0 atom stereocenters. The summed E-state index contributed by atoms with van der Waals surface area (Å²) < 4.78 is 26.8. The molecule has 0 radical (unpaired) electrons. The fourth-order valence-electron chi connectivity index (χ4n) is 1.25. The van der Waals surface area contributed by atoms with E-state index in [1.54, 1.807) is 6.07 Å². The minimum atomic E-state index is -1.45. The van der Waals surface area contributed by atoms with Crippen LogP contribution in [0.4, 0.5) is 14.5 Å². The summed E-state index contributed by atoms with van der Waals surface area (Å²) in [6.07, 6.45) is 0. The van der Waals surface area contributed by atoms with Crippen LogP contribution in [0.5, 0.6) is 0 Å². The Kier molecular flexibility index (Phi) is 3.80. The van der Waals surface area contributed by atoms with Crippen molar-refractivity contribution in [3.05, 3.63) is 39.4 Å². The summed E-state index contributed by atoms with van der Waals surface area (Å²) >= 11 is 0. The van der Waals surface area contributed by atoms with E-state index in [9.17, 15) is 23.7 Å². The van der Waals surface area contributed by atoms with Crippen LogP contribution in [0, 0.1) is 33.1 Å². The zero-order valence-electron chi connectivity index (χ0n) is 10.0. The number of carbonyl (C=O) groups excluding carboxylic acids is 1. The third-order valence-corrected chi connectivity index (χ3v) is 2.17. The molecule has 0 saturated heterocycles. The van der Waals surface area contributed by atoms with Crippen molar-refractivity contribution in [1.29, 1.82) is 5.26 Å². The van der Waals surface area contributed by atoms with E-state index in [0.717, 1.165) is 0 Å². The maximum absolute atomic E-state index is 13.7. The third-order valence-electron chi connectivity index (χ3n) is 2.17. The van der Waals surface area contributed by atoms with Gasteiger partial charge < -0.3 is 5.32 Å². The van der Waals surface area contributed by atoms with Gasteiger partial charge in [-0.1, -0.05) is 0 Å². The van der Waals surface area contributed by atoms with E-state index in [2.05, 4.69) is 5.32 Å². The lowest BCUT2D eigenvalue weighted by Gasteiger charge is -2.17. The molecule has 1 rings (SSSR count). The van der Waals surface area contributed by atoms with Gasteiger partial charge in [0.15, 0.2) is 0 Å². The lowest BCUT2D eigenvalue weighted by atomic mass is 10.1. The molecule has 0 spiro atoms. The number of hydrogen-bond acceptors (Lipinski definition) is 4. The summed E-state index contributed by atoms with van der Waals surface area (Å²) in [5, 5.41) is 21.3. The Balaban J connectivity index is 3.25. The van der Waals surface area contributed by atoms with Crippen molar-refractivity contribution in [2.45, 2.75) is 19.4 Å². The molecule has 19 heavy (non-hydrogen) atoms. The highest BCUT2D eigenvalue weighted by Gasteiger charge is 2.27.